The molecule has 1 atom stereocenters. The SMILES string of the molecule is COc1cc(Cl)c(C2CCCN2)cc1O. The van der Waals surface area contributed by atoms with Crippen LogP contribution >= 0.6 is 11.6 Å². The number of rotatable bonds is 2. The Kier molecular flexibility index (Phi) is 3.03. The lowest BCUT2D eigenvalue weighted by Gasteiger charge is -2.14. The van der Waals surface area contributed by atoms with Gasteiger partial charge in [0.25, 0.3) is 0 Å². The zero-order valence-corrected chi connectivity index (χ0v) is 9.34. The minimum absolute atomic E-state index is 0.144. The maximum absolute atomic E-state index is 9.66. The lowest BCUT2D eigenvalue weighted by atomic mass is 10.0. The summed E-state index contributed by atoms with van der Waals surface area (Å²) < 4.78 is 4.99. The van der Waals surface area contributed by atoms with Gasteiger partial charge in [-0.25, -0.2) is 0 Å². The van der Waals surface area contributed by atoms with Crippen molar-refractivity contribution in [3.63, 3.8) is 0 Å². The number of phenols is 1. The molecule has 2 rings (SSSR count). The van der Waals surface area contributed by atoms with Crippen LogP contribution in [0.15, 0.2) is 12.1 Å². The highest BCUT2D eigenvalue weighted by Crippen LogP contribution is 2.37. The average molecular weight is 228 g/mol. The first-order valence-electron chi connectivity index (χ1n) is 5.02. The second-order valence-electron chi connectivity index (χ2n) is 3.69. The summed E-state index contributed by atoms with van der Waals surface area (Å²) >= 11 is 6.13. The zero-order valence-electron chi connectivity index (χ0n) is 8.59. The molecule has 0 aromatic heterocycles. The largest absolute Gasteiger partial charge is 0.504 e. The third-order valence-corrected chi connectivity index (χ3v) is 3.06. The molecule has 0 saturated carbocycles. The van der Waals surface area contributed by atoms with Crippen LogP contribution < -0.4 is 10.1 Å². The smallest absolute Gasteiger partial charge is 0.161 e. The van der Waals surface area contributed by atoms with Crippen molar-refractivity contribution in [2.24, 2.45) is 0 Å². The molecule has 1 aromatic carbocycles. The maximum atomic E-state index is 9.66. The normalized spacial score (nSPS) is 20.5. The van der Waals surface area contributed by atoms with Crippen LogP contribution in [0.4, 0.5) is 0 Å². The molecule has 1 aliphatic heterocycles. The minimum Gasteiger partial charge on any atom is -0.504 e. The predicted octanol–water partition coefficient (Wildman–Crippen LogP) is 2.48. The predicted molar refractivity (Wildman–Crippen MR) is 59.6 cm³/mol. The summed E-state index contributed by atoms with van der Waals surface area (Å²) in [5, 5.41) is 13.6. The molecule has 4 heteroatoms. The van der Waals surface area contributed by atoms with Crippen molar-refractivity contribution in [3.8, 4) is 11.5 Å². The molecule has 1 saturated heterocycles. The molecule has 0 radical (unpaired) electrons. The first kappa shape index (κ1) is 10.6. The van der Waals surface area contributed by atoms with Crippen molar-refractivity contribution in [1.29, 1.82) is 0 Å². The number of methoxy groups -OCH3 is 1. The molecule has 2 N–H and O–H groups in total. The number of hydrogen-bond donors (Lipinski definition) is 2. The molecule has 0 amide bonds. The Bertz CT molecular complexity index is 362. The van der Waals surface area contributed by atoms with Gasteiger partial charge in [-0.1, -0.05) is 11.6 Å². The molecule has 1 aromatic rings. The average Bonchev–Trinajstić information content (AvgIpc) is 2.74. The third-order valence-electron chi connectivity index (χ3n) is 2.73. The van der Waals surface area contributed by atoms with Crippen LogP contribution in [0.3, 0.4) is 0 Å². The summed E-state index contributed by atoms with van der Waals surface area (Å²) in [6.07, 6.45) is 2.21. The van der Waals surface area contributed by atoms with Gasteiger partial charge in [0.05, 0.1) is 7.11 Å². The molecule has 1 heterocycles. The van der Waals surface area contributed by atoms with E-state index in [0.717, 1.165) is 24.9 Å². The van der Waals surface area contributed by atoms with Crippen molar-refractivity contribution in [2.75, 3.05) is 13.7 Å². The molecule has 1 aliphatic rings. The summed E-state index contributed by atoms with van der Waals surface area (Å²) in [7, 11) is 1.51. The zero-order chi connectivity index (χ0) is 10.8. The van der Waals surface area contributed by atoms with Crippen LogP contribution in [0.5, 0.6) is 11.5 Å². The summed E-state index contributed by atoms with van der Waals surface area (Å²) in [6, 6.07) is 3.60. The molecular weight excluding hydrogens is 214 g/mol. The molecule has 0 aliphatic carbocycles. The third kappa shape index (κ3) is 2.03. The second-order valence-corrected chi connectivity index (χ2v) is 4.10. The minimum atomic E-state index is 0.144. The van der Waals surface area contributed by atoms with E-state index in [1.165, 1.54) is 7.11 Å². The summed E-state index contributed by atoms with van der Waals surface area (Å²) in [5.74, 6) is 0.562. The fraction of sp³-hybridized carbons (Fsp3) is 0.455. The van der Waals surface area contributed by atoms with Crippen molar-refractivity contribution < 1.29 is 9.84 Å². The van der Waals surface area contributed by atoms with Gasteiger partial charge < -0.3 is 15.2 Å². The van der Waals surface area contributed by atoms with E-state index in [1.54, 1.807) is 12.1 Å². The number of phenolic OH excluding ortho intramolecular Hbond substituents is 1. The van der Waals surface area contributed by atoms with Crippen LogP contribution in [-0.4, -0.2) is 18.8 Å². The molecule has 0 spiro atoms. The Morgan fingerprint density at radius 2 is 2.33 bits per heavy atom. The fourth-order valence-electron chi connectivity index (χ4n) is 1.94. The highest BCUT2D eigenvalue weighted by molar-refractivity contribution is 6.31. The van der Waals surface area contributed by atoms with Gasteiger partial charge in [-0.15, -0.1) is 0 Å². The monoisotopic (exact) mass is 227 g/mol. The van der Waals surface area contributed by atoms with Crippen molar-refractivity contribution in [3.05, 3.63) is 22.7 Å². The van der Waals surface area contributed by atoms with E-state index < -0.39 is 0 Å². The number of ether oxygens (including phenoxy) is 1. The summed E-state index contributed by atoms with van der Waals surface area (Å²) in [5.41, 5.74) is 0.951. The molecule has 3 nitrogen and oxygen atoms in total. The van der Waals surface area contributed by atoms with Gasteiger partial charge in [0, 0.05) is 17.1 Å². The highest BCUT2D eigenvalue weighted by atomic mass is 35.5. The van der Waals surface area contributed by atoms with Gasteiger partial charge in [0.1, 0.15) is 0 Å². The Morgan fingerprint density at radius 1 is 1.53 bits per heavy atom. The first-order valence-corrected chi connectivity index (χ1v) is 5.40. The van der Waals surface area contributed by atoms with E-state index in [9.17, 15) is 5.11 Å². The lowest BCUT2D eigenvalue weighted by Crippen LogP contribution is -2.13. The van der Waals surface area contributed by atoms with E-state index in [1.807, 2.05) is 0 Å². The number of benzene rings is 1. The van der Waals surface area contributed by atoms with Gasteiger partial charge in [0.15, 0.2) is 11.5 Å². The van der Waals surface area contributed by atoms with E-state index >= 15 is 0 Å². The number of aromatic hydroxyl groups is 1. The summed E-state index contributed by atoms with van der Waals surface area (Å²) in [4.78, 5) is 0. The summed E-state index contributed by atoms with van der Waals surface area (Å²) in [6.45, 7) is 1.01. The van der Waals surface area contributed by atoms with Crippen molar-refractivity contribution in [1.82, 2.24) is 5.32 Å². The van der Waals surface area contributed by atoms with Crippen LogP contribution in [0, 0.1) is 0 Å². The van der Waals surface area contributed by atoms with E-state index in [0.29, 0.717) is 10.8 Å². The van der Waals surface area contributed by atoms with Gasteiger partial charge in [-0.2, -0.15) is 0 Å². The lowest BCUT2D eigenvalue weighted by molar-refractivity contribution is 0.372. The standard InChI is InChI=1S/C11H14ClNO2/c1-15-11-6-8(12)7(5-10(11)14)9-3-2-4-13-9/h5-6,9,13-14H,2-4H2,1H3. The number of hydrogen-bond acceptors (Lipinski definition) is 3. The Morgan fingerprint density at radius 3 is 2.93 bits per heavy atom. The first-order chi connectivity index (χ1) is 7.22. The van der Waals surface area contributed by atoms with Crippen LogP contribution in [0.1, 0.15) is 24.4 Å². The fourth-order valence-corrected chi connectivity index (χ4v) is 2.23. The number of nitrogens with one attached hydrogen (secondary N) is 1. The van der Waals surface area contributed by atoms with Gasteiger partial charge >= 0.3 is 0 Å². The topological polar surface area (TPSA) is 41.5 Å². The molecule has 1 fully saturated rings. The molecule has 1 unspecified atom stereocenters. The van der Waals surface area contributed by atoms with E-state index in [4.69, 9.17) is 16.3 Å². The van der Waals surface area contributed by atoms with Gasteiger partial charge in [0.2, 0.25) is 0 Å². The Balaban J connectivity index is 2.35. The van der Waals surface area contributed by atoms with Crippen LogP contribution in [-0.2, 0) is 0 Å². The maximum Gasteiger partial charge on any atom is 0.161 e. The van der Waals surface area contributed by atoms with Crippen LogP contribution in [0.2, 0.25) is 5.02 Å². The molecule has 82 valence electrons. The van der Waals surface area contributed by atoms with Crippen molar-refractivity contribution in [2.45, 2.75) is 18.9 Å². The van der Waals surface area contributed by atoms with Gasteiger partial charge in [-0.3, -0.25) is 0 Å². The van der Waals surface area contributed by atoms with E-state index in [2.05, 4.69) is 5.32 Å². The molecular formula is C11H14ClNO2. The quantitative estimate of drug-likeness (QED) is 0.816. The van der Waals surface area contributed by atoms with Crippen molar-refractivity contribution >= 4 is 11.6 Å². The molecule has 15 heavy (non-hydrogen) atoms. The number of halogens is 1. The molecule has 0 bridgehead atoms. The van der Waals surface area contributed by atoms with Crippen LogP contribution in [0.25, 0.3) is 0 Å². The Hall–Kier alpha value is -0.930. The van der Waals surface area contributed by atoms with E-state index in [-0.39, 0.29) is 11.8 Å². The Labute approximate surface area is 94.0 Å². The van der Waals surface area contributed by atoms with Gasteiger partial charge in [-0.05, 0) is 31.0 Å². The second kappa shape index (κ2) is 4.29. The highest BCUT2D eigenvalue weighted by Gasteiger charge is 2.20.